The van der Waals surface area contributed by atoms with Gasteiger partial charge in [0, 0.05) is 36.6 Å². The van der Waals surface area contributed by atoms with Gasteiger partial charge in [-0.2, -0.15) is 0 Å². The quantitative estimate of drug-likeness (QED) is 0.0914. The highest BCUT2D eigenvalue weighted by Gasteiger charge is 2.53. The van der Waals surface area contributed by atoms with Crippen LogP contribution in [0.1, 0.15) is 56.1 Å². The van der Waals surface area contributed by atoms with Crippen LogP contribution in [-0.2, 0) is 42.0 Å². The Bertz CT molecular complexity index is 1420. The van der Waals surface area contributed by atoms with Crippen molar-refractivity contribution in [3.8, 4) is 0 Å². The lowest BCUT2D eigenvalue weighted by atomic mass is 9.86. The van der Waals surface area contributed by atoms with Gasteiger partial charge in [0.05, 0.1) is 11.0 Å². The van der Waals surface area contributed by atoms with Gasteiger partial charge in [0.15, 0.2) is 0 Å². The maximum Gasteiger partial charge on any atom is 0.356 e. The molecule has 0 spiro atoms. The molecule has 4 rings (SSSR count). The van der Waals surface area contributed by atoms with Crippen molar-refractivity contribution in [3.63, 3.8) is 0 Å². The van der Waals surface area contributed by atoms with E-state index in [1.807, 2.05) is 30.3 Å². The van der Waals surface area contributed by atoms with Gasteiger partial charge in [-0.1, -0.05) is 48.4 Å². The monoisotopic (exact) mass is 641 g/mol. The smallest absolute Gasteiger partial charge is 0.356 e. The van der Waals surface area contributed by atoms with Gasteiger partial charge in [-0.25, -0.2) is 9.86 Å². The molecule has 0 aliphatic carbocycles. The molecule has 2 heterocycles. The van der Waals surface area contributed by atoms with E-state index in [0.29, 0.717) is 37.9 Å². The van der Waals surface area contributed by atoms with Crippen LogP contribution < -0.4 is 11.1 Å². The van der Waals surface area contributed by atoms with E-state index < -0.39 is 34.8 Å². The van der Waals surface area contributed by atoms with Gasteiger partial charge in [-0.3, -0.25) is 34.2 Å². The van der Waals surface area contributed by atoms with E-state index in [4.69, 9.17) is 26.9 Å². The van der Waals surface area contributed by atoms with Crippen LogP contribution in [0, 0.1) is 10.1 Å². The summed E-state index contributed by atoms with van der Waals surface area (Å²) in [6.45, 7) is 0.953. The van der Waals surface area contributed by atoms with E-state index in [1.54, 1.807) is 0 Å². The molecule has 0 bridgehead atoms. The van der Waals surface area contributed by atoms with Gasteiger partial charge in [-0.15, -0.1) is 0 Å². The topological polar surface area (TPSA) is 174 Å². The molecule has 2 aromatic carbocycles. The fourth-order valence-electron chi connectivity index (χ4n) is 5.09. The van der Waals surface area contributed by atoms with Gasteiger partial charge in [0.1, 0.15) is 25.0 Å². The summed E-state index contributed by atoms with van der Waals surface area (Å²) in [5, 5.41) is 15.0. The molecule has 240 valence electrons. The number of β-lactam (4-membered cyclic amide) rings is 1. The Balaban J connectivity index is 1.27. The molecule has 3 N–H and O–H groups in total. The first-order valence-corrected chi connectivity index (χ1v) is 15.2. The number of amides is 3. The molecule has 3 amide bonds. The fourth-order valence-corrected chi connectivity index (χ4v) is 5.37. The van der Waals surface area contributed by atoms with E-state index in [1.165, 1.54) is 34.2 Å². The van der Waals surface area contributed by atoms with E-state index in [0.717, 1.165) is 18.4 Å². The largest absolute Gasteiger partial charge is 0.456 e. The van der Waals surface area contributed by atoms with Gasteiger partial charge < -0.3 is 15.8 Å². The van der Waals surface area contributed by atoms with Gasteiger partial charge in [0.25, 0.3) is 11.6 Å². The molecule has 0 aromatic heterocycles. The number of non-ortho nitro benzene ring substituents is 1. The molecular weight excluding hydrogens is 606 g/mol. The number of esters is 1. The minimum absolute atomic E-state index is 0.0821. The van der Waals surface area contributed by atoms with Crippen molar-refractivity contribution < 1.29 is 33.7 Å². The Kier molecular flexibility index (Phi) is 12.0. The number of benzene rings is 2. The number of ether oxygens (including phenoxy) is 1. The number of allylic oxidation sites excluding steroid dienone is 1. The highest BCUT2D eigenvalue weighted by Crippen LogP contribution is 2.38. The second-order valence-electron chi connectivity index (χ2n) is 10.7. The van der Waals surface area contributed by atoms with Gasteiger partial charge in [-0.05, 0) is 55.5 Å². The zero-order valence-corrected chi connectivity index (χ0v) is 25.4. The Morgan fingerprint density at radius 3 is 2.42 bits per heavy atom. The lowest BCUT2D eigenvalue weighted by molar-refractivity contribution is -0.384. The third-order valence-electron chi connectivity index (χ3n) is 7.54. The number of nitrogens with two attached hydrogens (primary N) is 1. The molecule has 2 aromatic rings. The van der Waals surface area contributed by atoms with Crippen molar-refractivity contribution in [1.29, 1.82) is 0 Å². The van der Waals surface area contributed by atoms with Crippen molar-refractivity contribution in [1.82, 2.24) is 15.3 Å². The number of unbranched alkanes of at least 4 members (excludes halogenated alkanes) is 2. The number of fused-ring (bicyclic) bond motifs is 1. The lowest BCUT2D eigenvalue weighted by Gasteiger charge is -2.49. The van der Waals surface area contributed by atoms with Crippen molar-refractivity contribution in [2.75, 3.05) is 13.1 Å². The van der Waals surface area contributed by atoms with E-state index in [-0.39, 0.29) is 48.4 Å². The third kappa shape index (κ3) is 8.87. The van der Waals surface area contributed by atoms with Crippen molar-refractivity contribution in [2.24, 2.45) is 5.73 Å². The standard InChI is InChI=1S/C31H36ClN5O8/c32-24-13-14-25-28(30(40)36(25)29(24)31(41)44-19-22-9-11-23(12-10-22)37(42)43)34-26(38)15-16-27(39)35(18-6-2-5-17-33)45-20-21-7-3-1-4-8-21/h1,3-4,7-12,25,28H,2,5-6,13-20,33H2,(H,34,38)/t25-,28+/m1/s1. The molecule has 45 heavy (non-hydrogen) atoms. The second kappa shape index (κ2) is 16.1. The number of nitrogens with zero attached hydrogens (tertiary/aromatic N) is 3. The molecular formula is C31H36ClN5O8. The molecule has 2 aliphatic rings. The lowest BCUT2D eigenvalue weighted by Crippen LogP contribution is -2.71. The number of nitro groups is 1. The average molecular weight is 642 g/mol. The number of hydroxylamine groups is 2. The first-order valence-electron chi connectivity index (χ1n) is 14.8. The van der Waals surface area contributed by atoms with E-state index in [2.05, 4.69) is 5.32 Å². The van der Waals surface area contributed by atoms with Gasteiger partial charge in [0.2, 0.25) is 11.8 Å². The SMILES string of the molecule is NCCCCCN(OCc1ccccc1)C(=O)CCC(=O)N[C@@H]1C(=O)N2C(C(=O)OCc3ccc([N+](=O)[O-])cc3)=C(Cl)CC[C@H]12. The summed E-state index contributed by atoms with van der Waals surface area (Å²) in [6.07, 6.45) is 2.84. The predicted octanol–water partition coefficient (Wildman–Crippen LogP) is 3.45. The predicted molar refractivity (Wildman–Crippen MR) is 163 cm³/mol. The summed E-state index contributed by atoms with van der Waals surface area (Å²) >= 11 is 6.32. The van der Waals surface area contributed by atoms with Crippen LogP contribution in [0.15, 0.2) is 65.3 Å². The normalized spacial score (nSPS) is 17.3. The van der Waals surface area contributed by atoms with E-state index >= 15 is 0 Å². The van der Waals surface area contributed by atoms with Gasteiger partial charge >= 0.3 is 5.97 Å². The first-order chi connectivity index (χ1) is 21.7. The maximum atomic E-state index is 13.0. The highest BCUT2D eigenvalue weighted by atomic mass is 35.5. The first kappa shape index (κ1) is 33.6. The molecule has 2 aliphatic heterocycles. The number of carbonyl (C=O) groups is 4. The molecule has 1 saturated heterocycles. The number of hydrogen-bond acceptors (Lipinski definition) is 9. The van der Waals surface area contributed by atoms with Crippen LogP contribution in [0.25, 0.3) is 0 Å². The second-order valence-corrected chi connectivity index (χ2v) is 11.2. The van der Waals surface area contributed by atoms with Crippen molar-refractivity contribution in [2.45, 2.75) is 70.2 Å². The summed E-state index contributed by atoms with van der Waals surface area (Å²) in [4.78, 5) is 69.1. The average Bonchev–Trinajstić information content (AvgIpc) is 3.05. The summed E-state index contributed by atoms with van der Waals surface area (Å²) in [6, 6.07) is 13.6. The number of halogens is 1. The molecule has 0 unspecified atom stereocenters. The Morgan fingerprint density at radius 2 is 1.73 bits per heavy atom. The van der Waals surface area contributed by atoms with Crippen molar-refractivity contribution in [3.05, 3.63) is 86.6 Å². The van der Waals surface area contributed by atoms with Crippen LogP contribution in [0.5, 0.6) is 0 Å². The number of nitro benzene ring substituents is 1. The minimum Gasteiger partial charge on any atom is -0.456 e. The Labute approximate surface area is 265 Å². The molecule has 2 atom stereocenters. The van der Waals surface area contributed by atoms with E-state index in [9.17, 15) is 29.3 Å². The van der Waals surface area contributed by atoms with Crippen LogP contribution in [0.3, 0.4) is 0 Å². The summed E-state index contributed by atoms with van der Waals surface area (Å²) in [5.41, 5.74) is 6.82. The third-order valence-corrected chi connectivity index (χ3v) is 7.91. The van der Waals surface area contributed by atoms with Crippen molar-refractivity contribution >= 4 is 41.0 Å². The molecule has 0 radical (unpaired) electrons. The maximum absolute atomic E-state index is 13.0. The highest BCUT2D eigenvalue weighted by molar-refractivity contribution is 6.32. The van der Waals surface area contributed by atoms with Crippen LogP contribution in [-0.4, -0.2) is 63.8 Å². The zero-order valence-electron chi connectivity index (χ0n) is 24.7. The molecule has 0 saturated carbocycles. The van der Waals surface area contributed by atoms with Crippen LogP contribution >= 0.6 is 11.6 Å². The number of hydrogen-bond donors (Lipinski definition) is 2. The molecule has 1 fully saturated rings. The summed E-state index contributed by atoms with van der Waals surface area (Å²) in [7, 11) is 0. The minimum atomic E-state index is -0.864. The zero-order chi connectivity index (χ0) is 32.3. The van der Waals surface area contributed by atoms with Crippen LogP contribution in [0.4, 0.5) is 5.69 Å². The number of rotatable bonds is 16. The summed E-state index contributed by atoms with van der Waals surface area (Å²) in [5.74, 6) is -2.14. The Hall–Kier alpha value is -4.33. The molecule has 14 heteroatoms. The number of carbonyl (C=O) groups excluding carboxylic acids is 4. The summed E-state index contributed by atoms with van der Waals surface area (Å²) < 4.78 is 5.34. The number of nitrogens with one attached hydrogen (secondary N) is 1. The molecule has 13 nitrogen and oxygen atoms in total. The fraction of sp³-hybridized carbons (Fsp3) is 0.419. The Morgan fingerprint density at radius 1 is 1.02 bits per heavy atom. The van der Waals surface area contributed by atoms with Crippen LogP contribution in [0.2, 0.25) is 0 Å².